The van der Waals surface area contributed by atoms with Gasteiger partial charge in [-0.25, -0.2) is 0 Å². The minimum absolute atomic E-state index is 0.0163. The SMILES string of the molecule is CCCCCCCCCC/C=C\CCCCCCCCCCCCCCCCCCCCCCCCCCCCCC(=O)NC(COP(=O)([O-])OCC[N+](C)(C)C)C(O)CCCCCCCCCCCCCCCCCCCCCCCC. The summed E-state index contributed by atoms with van der Waals surface area (Å²) in [6.07, 6.45) is 84.6. The molecule has 0 spiro atoms. The lowest BCUT2D eigenvalue weighted by Crippen LogP contribution is -2.46. The van der Waals surface area contributed by atoms with Gasteiger partial charge < -0.3 is 28.8 Å². The van der Waals surface area contributed by atoms with Gasteiger partial charge in [0, 0.05) is 6.42 Å². The van der Waals surface area contributed by atoms with Crippen molar-refractivity contribution in [2.45, 2.75) is 418 Å². The first-order valence-electron chi connectivity index (χ1n) is 37.5. The Labute approximate surface area is 520 Å². The van der Waals surface area contributed by atoms with E-state index in [1.54, 1.807) is 0 Å². The molecule has 0 aromatic heterocycles. The van der Waals surface area contributed by atoms with E-state index < -0.39 is 20.0 Å². The highest BCUT2D eigenvalue weighted by Crippen LogP contribution is 2.38. The van der Waals surface area contributed by atoms with E-state index in [-0.39, 0.29) is 19.1 Å². The Bertz CT molecular complexity index is 1360. The zero-order valence-electron chi connectivity index (χ0n) is 56.9. The van der Waals surface area contributed by atoms with Gasteiger partial charge in [-0.3, -0.25) is 9.36 Å². The monoisotopic (exact) mass is 1190 g/mol. The fourth-order valence-corrected chi connectivity index (χ4v) is 12.6. The second-order valence-electron chi connectivity index (χ2n) is 27.4. The quantitative estimate of drug-likeness (QED) is 0.0272. The van der Waals surface area contributed by atoms with Gasteiger partial charge in [-0.1, -0.05) is 373 Å². The third-order valence-electron chi connectivity index (χ3n) is 17.8. The fourth-order valence-electron chi connectivity index (χ4n) is 11.9. The molecule has 0 aliphatic heterocycles. The molecular weight excluding hydrogens is 1040 g/mol. The zero-order chi connectivity index (χ0) is 60.5. The predicted octanol–water partition coefficient (Wildman–Crippen LogP) is 23.4. The van der Waals surface area contributed by atoms with Crippen molar-refractivity contribution in [1.29, 1.82) is 0 Å². The Balaban J connectivity index is 3.87. The first kappa shape index (κ1) is 82.2. The number of phosphoric acid groups is 1. The number of amides is 1. The molecule has 0 saturated carbocycles. The molecule has 0 fully saturated rings. The van der Waals surface area contributed by atoms with Crippen LogP contribution in [0.1, 0.15) is 406 Å². The van der Waals surface area contributed by atoms with E-state index in [2.05, 4.69) is 31.3 Å². The van der Waals surface area contributed by atoms with Crippen LogP contribution in [0.4, 0.5) is 0 Å². The number of likely N-dealkylation sites (N-methyl/N-ethyl adjacent to an activating group) is 1. The highest BCUT2D eigenvalue weighted by molar-refractivity contribution is 7.45. The van der Waals surface area contributed by atoms with Gasteiger partial charge in [-0.2, -0.15) is 0 Å². The van der Waals surface area contributed by atoms with Crippen LogP contribution in [0.2, 0.25) is 0 Å². The van der Waals surface area contributed by atoms with Crippen LogP contribution < -0.4 is 10.2 Å². The Kier molecular flexibility index (Phi) is 65.1. The van der Waals surface area contributed by atoms with Gasteiger partial charge in [0.15, 0.2) is 0 Å². The van der Waals surface area contributed by atoms with Crippen molar-refractivity contribution in [2.75, 3.05) is 40.9 Å². The number of nitrogens with one attached hydrogen (secondary N) is 1. The number of hydrogen-bond donors (Lipinski definition) is 2. The summed E-state index contributed by atoms with van der Waals surface area (Å²) in [6, 6.07) is -0.798. The number of phosphoric ester groups is 1. The first-order valence-corrected chi connectivity index (χ1v) is 39.0. The molecule has 0 heterocycles. The van der Waals surface area contributed by atoms with Crippen LogP contribution in [0.15, 0.2) is 12.2 Å². The maximum atomic E-state index is 13.1. The molecule has 3 atom stereocenters. The number of aliphatic hydroxyl groups is 1. The Hall–Kier alpha value is -0.760. The smallest absolute Gasteiger partial charge is 0.268 e. The number of allylic oxidation sites excluding steroid dienone is 2. The van der Waals surface area contributed by atoms with E-state index >= 15 is 0 Å². The molecule has 496 valence electrons. The van der Waals surface area contributed by atoms with E-state index in [4.69, 9.17) is 9.05 Å². The van der Waals surface area contributed by atoms with E-state index in [1.165, 1.54) is 340 Å². The molecule has 3 unspecified atom stereocenters. The lowest BCUT2D eigenvalue weighted by molar-refractivity contribution is -0.870. The van der Waals surface area contributed by atoms with E-state index in [0.717, 1.165) is 38.5 Å². The minimum atomic E-state index is -4.58. The van der Waals surface area contributed by atoms with Crippen molar-refractivity contribution in [2.24, 2.45) is 0 Å². The van der Waals surface area contributed by atoms with Crippen LogP contribution in [0.3, 0.4) is 0 Å². The number of aliphatic hydroxyl groups excluding tert-OH is 1. The molecule has 83 heavy (non-hydrogen) atoms. The standard InChI is InChI=1S/C74H149N2O6P/c1-6-8-10-12-14-16-18-20-22-24-26-28-30-31-32-33-34-35-36-37-38-39-40-41-42-43-44-45-46-48-50-52-54-56-58-60-62-64-66-68-74(78)75-72(71-82-83(79,80)81-70-69-76(3,4)5)73(77)67-65-63-61-59-57-55-53-51-49-47-29-27-25-23-21-19-17-15-13-11-9-7-2/h24,26,72-73,77H,6-23,25,27-71H2,1-5H3,(H-,75,78,79,80)/b26-24-. The van der Waals surface area contributed by atoms with E-state index in [9.17, 15) is 19.4 Å². The number of nitrogens with zero attached hydrogens (tertiary/aromatic N) is 1. The molecule has 0 rings (SSSR count). The van der Waals surface area contributed by atoms with Crippen LogP contribution in [0.25, 0.3) is 0 Å². The summed E-state index contributed by atoms with van der Waals surface area (Å²) in [5.41, 5.74) is 0. The van der Waals surface area contributed by atoms with Crippen LogP contribution in [0, 0.1) is 0 Å². The Morgan fingerprint density at radius 3 is 0.940 bits per heavy atom. The number of carbonyl (C=O) groups is 1. The molecule has 9 heteroatoms. The normalized spacial score (nSPS) is 13.6. The minimum Gasteiger partial charge on any atom is -0.756 e. The number of quaternary nitrogens is 1. The van der Waals surface area contributed by atoms with Crippen molar-refractivity contribution < 1.29 is 32.9 Å². The van der Waals surface area contributed by atoms with Crippen LogP contribution >= 0.6 is 7.82 Å². The number of rotatable bonds is 71. The molecule has 8 nitrogen and oxygen atoms in total. The van der Waals surface area contributed by atoms with Gasteiger partial charge in [0.1, 0.15) is 13.2 Å². The molecular formula is C74H149N2O6P. The molecule has 0 saturated heterocycles. The molecule has 2 N–H and O–H groups in total. The van der Waals surface area contributed by atoms with E-state index in [1.807, 2.05) is 21.1 Å². The van der Waals surface area contributed by atoms with Crippen molar-refractivity contribution in [3.05, 3.63) is 12.2 Å². The maximum Gasteiger partial charge on any atom is 0.268 e. The molecule has 0 aromatic rings. The van der Waals surface area contributed by atoms with Crippen molar-refractivity contribution in [3.63, 3.8) is 0 Å². The molecule has 0 bridgehead atoms. The van der Waals surface area contributed by atoms with Gasteiger partial charge in [0.05, 0.1) is 39.9 Å². The van der Waals surface area contributed by atoms with Gasteiger partial charge in [-0.05, 0) is 38.5 Å². The largest absolute Gasteiger partial charge is 0.756 e. The highest BCUT2D eigenvalue weighted by Gasteiger charge is 2.24. The zero-order valence-corrected chi connectivity index (χ0v) is 57.8. The Morgan fingerprint density at radius 2 is 0.663 bits per heavy atom. The number of hydrogen-bond acceptors (Lipinski definition) is 6. The van der Waals surface area contributed by atoms with Gasteiger partial charge >= 0.3 is 0 Å². The topological polar surface area (TPSA) is 108 Å². The lowest BCUT2D eigenvalue weighted by Gasteiger charge is -2.30. The first-order chi connectivity index (χ1) is 40.5. The molecule has 0 radical (unpaired) electrons. The average molecular weight is 1190 g/mol. The summed E-state index contributed by atoms with van der Waals surface area (Å²) in [5, 5.41) is 14.1. The summed E-state index contributed by atoms with van der Waals surface area (Å²) in [6.45, 7) is 4.79. The summed E-state index contributed by atoms with van der Waals surface area (Å²) in [5.74, 6) is -0.154. The van der Waals surface area contributed by atoms with Crippen LogP contribution in [-0.4, -0.2) is 68.5 Å². The second-order valence-corrected chi connectivity index (χ2v) is 28.8. The van der Waals surface area contributed by atoms with Crippen molar-refractivity contribution >= 4 is 13.7 Å². The maximum absolute atomic E-state index is 13.1. The molecule has 0 aromatic carbocycles. The van der Waals surface area contributed by atoms with Crippen LogP contribution in [-0.2, 0) is 18.4 Å². The highest BCUT2D eigenvalue weighted by atomic mass is 31.2. The fraction of sp³-hybridized carbons (Fsp3) is 0.959. The average Bonchev–Trinajstić information content (AvgIpc) is 3.50. The molecule has 1 amide bonds. The van der Waals surface area contributed by atoms with Gasteiger partial charge in [-0.15, -0.1) is 0 Å². The molecule has 0 aliphatic rings. The van der Waals surface area contributed by atoms with Crippen molar-refractivity contribution in [3.8, 4) is 0 Å². The summed E-state index contributed by atoms with van der Waals surface area (Å²) in [7, 11) is 1.33. The number of unbranched alkanes of at least 4 members (excludes halogenated alkanes) is 56. The van der Waals surface area contributed by atoms with Crippen molar-refractivity contribution in [1.82, 2.24) is 5.32 Å². The summed E-state index contributed by atoms with van der Waals surface area (Å²) < 4.78 is 23.6. The third-order valence-corrected chi connectivity index (χ3v) is 18.7. The van der Waals surface area contributed by atoms with Crippen LogP contribution in [0.5, 0.6) is 0 Å². The predicted molar refractivity (Wildman–Crippen MR) is 362 cm³/mol. The molecule has 0 aliphatic carbocycles. The third kappa shape index (κ3) is 68.6. The lowest BCUT2D eigenvalue weighted by atomic mass is 10.0. The Morgan fingerprint density at radius 1 is 0.410 bits per heavy atom. The second kappa shape index (κ2) is 65.7. The van der Waals surface area contributed by atoms with Gasteiger partial charge in [0.2, 0.25) is 5.91 Å². The summed E-state index contributed by atoms with van der Waals surface area (Å²) >= 11 is 0. The van der Waals surface area contributed by atoms with E-state index in [0.29, 0.717) is 23.9 Å². The summed E-state index contributed by atoms with van der Waals surface area (Å²) in [4.78, 5) is 25.7. The van der Waals surface area contributed by atoms with Gasteiger partial charge in [0.25, 0.3) is 7.82 Å². The number of carbonyl (C=O) groups excluding carboxylic acids is 1.